The molecule has 0 saturated carbocycles. The molecule has 1 aromatic heterocycles. The van der Waals surface area contributed by atoms with Crippen LogP contribution in [-0.4, -0.2) is 13.4 Å². The van der Waals surface area contributed by atoms with Crippen molar-refractivity contribution < 1.29 is 8.42 Å². The molecule has 0 saturated heterocycles. The fraction of sp³-hybridized carbons (Fsp3) is 0.105. The molecule has 3 rings (SSSR count). The number of thiazole rings is 1. The summed E-state index contributed by atoms with van der Waals surface area (Å²) in [6.07, 6.45) is 1.57. The van der Waals surface area contributed by atoms with Gasteiger partial charge in [-0.05, 0) is 24.6 Å². The standard InChI is InChI=1S/C19H17ClN2O2S2/c1-14-18(25-19(22-14)16-9-5-6-10-17(16)20)13-21-26(23,24)12-11-15-7-3-2-4-8-15/h2-12,21H,13H2,1H3/b12-11+. The first-order chi connectivity index (χ1) is 12.4. The summed E-state index contributed by atoms with van der Waals surface area (Å²) in [6, 6.07) is 16.8. The van der Waals surface area contributed by atoms with Crippen molar-refractivity contribution >= 4 is 39.0 Å². The Morgan fingerprint density at radius 1 is 1.12 bits per heavy atom. The number of rotatable bonds is 6. The number of hydrogen-bond donors (Lipinski definition) is 1. The summed E-state index contributed by atoms with van der Waals surface area (Å²) < 4.78 is 27.0. The van der Waals surface area contributed by atoms with Gasteiger partial charge in [0.1, 0.15) is 5.01 Å². The number of hydrogen-bond acceptors (Lipinski definition) is 4. The Kier molecular flexibility index (Phi) is 5.88. The van der Waals surface area contributed by atoms with Crippen LogP contribution in [0.15, 0.2) is 60.0 Å². The van der Waals surface area contributed by atoms with E-state index in [1.165, 1.54) is 16.7 Å². The van der Waals surface area contributed by atoms with Crippen molar-refractivity contribution in [3.63, 3.8) is 0 Å². The summed E-state index contributed by atoms with van der Waals surface area (Å²) in [5.74, 6) is 0. The summed E-state index contributed by atoms with van der Waals surface area (Å²) in [5.41, 5.74) is 2.47. The number of nitrogens with zero attached hydrogens (tertiary/aromatic N) is 1. The molecule has 134 valence electrons. The van der Waals surface area contributed by atoms with Gasteiger partial charge in [0.25, 0.3) is 0 Å². The van der Waals surface area contributed by atoms with Crippen molar-refractivity contribution in [2.75, 3.05) is 0 Å². The van der Waals surface area contributed by atoms with Crippen LogP contribution in [0, 0.1) is 6.92 Å². The minimum absolute atomic E-state index is 0.190. The van der Waals surface area contributed by atoms with Crippen LogP contribution in [0.2, 0.25) is 5.02 Å². The molecule has 0 amide bonds. The Morgan fingerprint density at radius 2 is 1.81 bits per heavy atom. The molecule has 0 unspecified atom stereocenters. The average molecular weight is 405 g/mol. The highest BCUT2D eigenvalue weighted by molar-refractivity contribution is 7.92. The quantitative estimate of drug-likeness (QED) is 0.638. The molecule has 2 aromatic carbocycles. The second-order valence-corrected chi connectivity index (χ2v) is 8.73. The zero-order valence-corrected chi connectivity index (χ0v) is 16.4. The van der Waals surface area contributed by atoms with Crippen molar-refractivity contribution in [1.29, 1.82) is 0 Å². The van der Waals surface area contributed by atoms with Crippen molar-refractivity contribution in [3.05, 3.63) is 81.2 Å². The fourth-order valence-corrected chi connectivity index (χ4v) is 4.48. The highest BCUT2D eigenvalue weighted by atomic mass is 35.5. The van der Waals surface area contributed by atoms with Crippen LogP contribution in [0.25, 0.3) is 16.6 Å². The first-order valence-corrected chi connectivity index (χ1v) is 10.6. The van der Waals surface area contributed by atoms with Gasteiger partial charge in [0, 0.05) is 22.4 Å². The molecular formula is C19H17ClN2O2S2. The number of aryl methyl sites for hydroxylation is 1. The van der Waals surface area contributed by atoms with Crippen molar-refractivity contribution in [2.45, 2.75) is 13.5 Å². The SMILES string of the molecule is Cc1nc(-c2ccccc2Cl)sc1CNS(=O)(=O)/C=C/c1ccccc1. The molecule has 7 heteroatoms. The maximum Gasteiger partial charge on any atom is 0.234 e. The maximum atomic E-state index is 12.2. The van der Waals surface area contributed by atoms with Crippen LogP contribution in [-0.2, 0) is 16.6 Å². The van der Waals surface area contributed by atoms with Crippen LogP contribution >= 0.6 is 22.9 Å². The molecule has 3 aromatic rings. The minimum Gasteiger partial charge on any atom is -0.241 e. The monoisotopic (exact) mass is 404 g/mol. The van der Waals surface area contributed by atoms with Crippen LogP contribution < -0.4 is 4.72 Å². The lowest BCUT2D eigenvalue weighted by Gasteiger charge is -2.01. The summed E-state index contributed by atoms with van der Waals surface area (Å²) in [5, 5.41) is 2.58. The Morgan fingerprint density at radius 3 is 2.54 bits per heavy atom. The van der Waals surface area contributed by atoms with Crippen LogP contribution in [0.4, 0.5) is 0 Å². The maximum absolute atomic E-state index is 12.2. The molecule has 0 aliphatic heterocycles. The second kappa shape index (κ2) is 8.14. The number of nitrogens with one attached hydrogen (secondary N) is 1. The van der Waals surface area contributed by atoms with Crippen molar-refractivity contribution in [3.8, 4) is 10.6 Å². The fourth-order valence-electron chi connectivity index (χ4n) is 2.29. The third-order valence-corrected chi connectivity index (χ3v) is 6.23. The van der Waals surface area contributed by atoms with Crippen LogP contribution in [0.3, 0.4) is 0 Å². The first-order valence-electron chi connectivity index (χ1n) is 7.88. The van der Waals surface area contributed by atoms with Gasteiger partial charge in [-0.3, -0.25) is 0 Å². The second-order valence-electron chi connectivity index (χ2n) is 5.59. The average Bonchev–Trinajstić information content (AvgIpc) is 3.00. The van der Waals surface area contributed by atoms with E-state index in [9.17, 15) is 8.42 Å². The van der Waals surface area contributed by atoms with Gasteiger partial charge in [0.05, 0.1) is 10.7 Å². The predicted octanol–water partition coefficient (Wildman–Crippen LogP) is 4.86. The van der Waals surface area contributed by atoms with Gasteiger partial charge >= 0.3 is 0 Å². The molecule has 0 atom stereocenters. The Hall–Kier alpha value is -1.99. The van der Waals surface area contributed by atoms with Gasteiger partial charge < -0.3 is 0 Å². The van der Waals surface area contributed by atoms with Crippen molar-refractivity contribution in [2.24, 2.45) is 0 Å². The van der Waals surface area contributed by atoms with Gasteiger partial charge in [-0.2, -0.15) is 0 Å². The topological polar surface area (TPSA) is 59.1 Å². The van der Waals surface area contributed by atoms with Crippen molar-refractivity contribution in [1.82, 2.24) is 9.71 Å². The van der Waals surface area contributed by atoms with E-state index < -0.39 is 10.0 Å². The largest absolute Gasteiger partial charge is 0.241 e. The molecule has 0 bridgehead atoms. The number of sulfonamides is 1. The summed E-state index contributed by atoms with van der Waals surface area (Å²) in [4.78, 5) is 5.38. The lowest BCUT2D eigenvalue weighted by molar-refractivity contribution is 0.591. The van der Waals surface area contributed by atoms with E-state index in [2.05, 4.69) is 9.71 Å². The van der Waals surface area contributed by atoms with E-state index >= 15 is 0 Å². The molecule has 0 aliphatic rings. The Labute approximate surface area is 162 Å². The number of aromatic nitrogens is 1. The first kappa shape index (κ1) is 18.8. The van der Waals surface area contributed by atoms with Gasteiger partial charge in [-0.15, -0.1) is 11.3 Å². The van der Waals surface area contributed by atoms with E-state index in [1.54, 1.807) is 6.08 Å². The summed E-state index contributed by atoms with van der Waals surface area (Å²) >= 11 is 7.65. The minimum atomic E-state index is -3.54. The Bertz CT molecular complexity index is 1030. The molecule has 0 fully saturated rings. The highest BCUT2D eigenvalue weighted by Gasteiger charge is 2.13. The van der Waals surface area contributed by atoms with Gasteiger partial charge in [0.2, 0.25) is 10.0 Å². The summed E-state index contributed by atoms with van der Waals surface area (Å²) in [7, 11) is -3.54. The van der Waals surface area contributed by atoms with Gasteiger partial charge in [0.15, 0.2) is 0 Å². The predicted molar refractivity (Wildman–Crippen MR) is 109 cm³/mol. The lowest BCUT2D eigenvalue weighted by Crippen LogP contribution is -2.20. The van der Waals surface area contributed by atoms with E-state index in [0.29, 0.717) is 5.02 Å². The molecule has 1 N–H and O–H groups in total. The Balaban J connectivity index is 1.72. The normalized spacial score (nSPS) is 11.9. The highest BCUT2D eigenvalue weighted by Crippen LogP contribution is 2.32. The lowest BCUT2D eigenvalue weighted by atomic mass is 10.2. The molecule has 0 radical (unpaired) electrons. The van der Waals surface area contributed by atoms with Gasteiger partial charge in [-0.25, -0.2) is 18.1 Å². The van der Waals surface area contributed by atoms with Crippen LogP contribution in [0.5, 0.6) is 0 Å². The third-order valence-electron chi connectivity index (χ3n) is 3.67. The number of halogens is 1. The molecular weight excluding hydrogens is 388 g/mol. The third kappa shape index (κ3) is 4.80. The zero-order valence-electron chi connectivity index (χ0n) is 14.0. The summed E-state index contributed by atoms with van der Waals surface area (Å²) in [6.45, 7) is 2.05. The molecule has 26 heavy (non-hydrogen) atoms. The molecule has 4 nitrogen and oxygen atoms in total. The molecule has 1 heterocycles. The van der Waals surface area contributed by atoms with E-state index in [4.69, 9.17) is 11.6 Å². The van der Waals surface area contributed by atoms with E-state index in [1.807, 2.05) is 61.5 Å². The van der Waals surface area contributed by atoms with E-state index in [-0.39, 0.29) is 6.54 Å². The zero-order chi connectivity index (χ0) is 18.6. The number of benzene rings is 2. The molecule has 0 spiro atoms. The van der Waals surface area contributed by atoms with Crippen LogP contribution in [0.1, 0.15) is 16.1 Å². The van der Waals surface area contributed by atoms with E-state index in [0.717, 1.165) is 26.7 Å². The smallest absolute Gasteiger partial charge is 0.234 e. The molecule has 0 aliphatic carbocycles. The van der Waals surface area contributed by atoms with Gasteiger partial charge in [-0.1, -0.05) is 60.1 Å².